The van der Waals surface area contributed by atoms with E-state index >= 15 is 0 Å². The van der Waals surface area contributed by atoms with Crippen LogP contribution in [0.5, 0.6) is 5.75 Å². The third-order valence-corrected chi connectivity index (χ3v) is 6.29. The fraction of sp³-hybridized carbons (Fsp3) is 0.577. The molecule has 0 aliphatic rings. The molecule has 0 radical (unpaired) electrons. The minimum atomic E-state index is -1.29. The second-order valence-electron chi connectivity index (χ2n) is 8.34. The van der Waals surface area contributed by atoms with Gasteiger partial charge in [0.2, 0.25) is 5.91 Å². The van der Waals surface area contributed by atoms with Gasteiger partial charge in [0, 0.05) is 18.8 Å². The van der Waals surface area contributed by atoms with E-state index in [1.807, 2.05) is 0 Å². The van der Waals surface area contributed by atoms with E-state index in [0.29, 0.717) is 12.3 Å². The standard InChI is InChI=1S/C26H41N3O5S/c1-2-3-4-5-6-7-8-9-10-11-12-13-18-35-20-24(31)27-16-17-28-26(34)29-21-14-15-23(30)22(19-21)25(32)33/h8-9,14-15,19,30H,2-7,10-13,16-18,20H2,1H3,(H,27,31)(H,32,33)(H2,28,29,34)/b9-8-. The van der Waals surface area contributed by atoms with Crippen molar-refractivity contribution in [2.45, 2.75) is 71.1 Å². The van der Waals surface area contributed by atoms with Crippen LogP contribution in [-0.4, -0.2) is 52.7 Å². The number of hydrogen-bond acceptors (Lipinski definition) is 5. The Morgan fingerprint density at radius 1 is 0.914 bits per heavy atom. The number of urea groups is 1. The number of benzene rings is 1. The van der Waals surface area contributed by atoms with Crippen LogP contribution in [0.25, 0.3) is 0 Å². The van der Waals surface area contributed by atoms with Gasteiger partial charge in [-0.1, -0.05) is 51.2 Å². The lowest BCUT2D eigenvalue weighted by Gasteiger charge is -2.09. The molecule has 0 aliphatic heterocycles. The third kappa shape index (κ3) is 15.8. The number of carboxylic acid groups (broad SMARTS) is 1. The number of rotatable bonds is 19. The summed E-state index contributed by atoms with van der Waals surface area (Å²) in [6, 6.07) is 3.24. The normalized spacial score (nSPS) is 10.9. The van der Waals surface area contributed by atoms with E-state index in [9.17, 15) is 19.5 Å². The zero-order valence-electron chi connectivity index (χ0n) is 20.8. The molecule has 0 unspecified atom stereocenters. The molecule has 0 bridgehead atoms. The van der Waals surface area contributed by atoms with Crippen molar-refractivity contribution in [2.24, 2.45) is 0 Å². The number of hydrogen-bond donors (Lipinski definition) is 5. The lowest BCUT2D eigenvalue weighted by atomic mass is 10.1. The predicted octanol–water partition coefficient (Wildman–Crippen LogP) is 5.54. The average Bonchev–Trinajstić information content (AvgIpc) is 2.83. The fourth-order valence-electron chi connectivity index (χ4n) is 3.30. The number of allylic oxidation sites excluding steroid dienone is 2. The zero-order valence-corrected chi connectivity index (χ0v) is 21.6. The first kappa shape index (κ1) is 30.4. The summed E-state index contributed by atoms with van der Waals surface area (Å²) in [5.74, 6) is -0.373. The number of carboxylic acids is 1. The number of anilines is 1. The molecule has 1 aromatic rings. The number of aromatic carboxylic acids is 1. The van der Waals surface area contributed by atoms with Crippen molar-refractivity contribution in [3.63, 3.8) is 0 Å². The van der Waals surface area contributed by atoms with Gasteiger partial charge in [-0.25, -0.2) is 9.59 Å². The first-order valence-corrected chi connectivity index (χ1v) is 13.7. The minimum Gasteiger partial charge on any atom is -0.507 e. The van der Waals surface area contributed by atoms with Gasteiger partial charge >= 0.3 is 12.0 Å². The van der Waals surface area contributed by atoms with Gasteiger partial charge in [0.1, 0.15) is 11.3 Å². The third-order valence-electron chi connectivity index (χ3n) is 5.25. The zero-order chi connectivity index (χ0) is 25.7. The summed E-state index contributed by atoms with van der Waals surface area (Å²) in [4.78, 5) is 34.8. The summed E-state index contributed by atoms with van der Waals surface area (Å²) in [6.45, 7) is 2.77. The molecule has 0 aliphatic carbocycles. The smallest absolute Gasteiger partial charge is 0.339 e. The van der Waals surface area contributed by atoms with Crippen molar-refractivity contribution in [3.8, 4) is 5.75 Å². The SMILES string of the molecule is CCCCCCC/C=C\CCCCCSCC(=O)NCCNC(=O)Nc1ccc(O)c(C(=O)O)c1. The van der Waals surface area contributed by atoms with Gasteiger partial charge in [0.15, 0.2) is 0 Å². The van der Waals surface area contributed by atoms with Crippen LogP contribution in [0.1, 0.15) is 81.5 Å². The highest BCUT2D eigenvalue weighted by Crippen LogP contribution is 2.21. The molecule has 3 amide bonds. The molecule has 0 heterocycles. The second-order valence-corrected chi connectivity index (χ2v) is 9.45. The van der Waals surface area contributed by atoms with Gasteiger partial charge in [-0.2, -0.15) is 11.8 Å². The van der Waals surface area contributed by atoms with Gasteiger partial charge in [0.05, 0.1) is 5.75 Å². The van der Waals surface area contributed by atoms with Crippen LogP contribution in [0, 0.1) is 0 Å². The summed E-state index contributed by atoms with van der Waals surface area (Å²) in [5.41, 5.74) is -0.0557. The molecule has 196 valence electrons. The van der Waals surface area contributed by atoms with E-state index in [0.717, 1.165) is 18.6 Å². The van der Waals surface area contributed by atoms with Crippen LogP contribution in [0.4, 0.5) is 10.5 Å². The summed E-state index contributed by atoms with van der Waals surface area (Å²) in [7, 11) is 0. The van der Waals surface area contributed by atoms with Crippen LogP contribution in [0.3, 0.4) is 0 Å². The molecule has 5 N–H and O–H groups in total. The largest absolute Gasteiger partial charge is 0.507 e. The molecule has 0 atom stereocenters. The van der Waals surface area contributed by atoms with E-state index in [1.165, 1.54) is 69.6 Å². The first-order chi connectivity index (χ1) is 16.9. The molecule has 1 aromatic carbocycles. The Balaban J connectivity index is 1.98. The van der Waals surface area contributed by atoms with Gasteiger partial charge < -0.3 is 26.2 Å². The molecule has 0 aromatic heterocycles. The van der Waals surface area contributed by atoms with Gasteiger partial charge in [-0.3, -0.25) is 4.79 Å². The second kappa shape index (κ2) is 19.6. The van der Waals surface area contributed by atoms with Crippen molar-refractivity contribution in [3.05, 3.63) is 35.9 Å². The van der Waals surface area contributed by atoms with Crippen molar-refractivity contribution >= 4 is 35.4 Å². The Hall–Kier alpha value is -2.68. The Morgan fingerprint density at radius 3 is 2.26 bits per heavy atom. The maximum Gasteiger partial charge on any atom is 0.339 e. The molecule has 1 rings (SSSR count). The monoisotopic (exact) mass is 507 g/mol. The fourth-order valence-corrected chi connectivity index (χ4v) is 4.14. The van der Waals surface area contributed by atoms with Crippen LogP contribution < -0.4 is 16.0 Å². The number of amides is 3. The lowest BCUT2D eigenvalue weighted by molar-refractivity contribution is -0.118. The molecule has 9 heteroatoms. The Bertz CT molecular complexity index is 801. The topological polar surface area (TPSA) is 128 Å². The van der Waals surface area contributed by atoms with E-state index in [1.54, 1.807) is 11.8 Å². The Kier molecular flexibility index (Phi) is 17.0. The van der Waals surface area contributed by atoms with E-state index in [-0.39, 0.29) is 29.5 Å². The Morgan fingerprint density at radius 2 is 1.57 bits per heavy atom. The van der Waals surface area contributed by atoms with Crippen molar-refractivity contribution in [1.82, 2.24) is 10.6 Å². The van der Waals surface area contributed by atoms with E-state index in [2.05, 4.69) is 35.0 Å². The average molecular weight is 508 g/mol. The van der Waals surface area contributed by atoms with Gasteiger partial charge in [-0.15, -0.1) is 0 Å². The number of thioether (sulfide) groups is 1. The molecule has 0 saturated heterocycles. The maximum absolute atomic E-state index is 11.9. The van der Waals surface area contributed by atoms with Crippen LogP contribution in [-0.2, 0) is 4.79 Å². The van der Waals surface area contributed by atoms with Crippen LogP contribution in [0.15, 0.2) is 30.4 Å². The molecule has 8 nitrogen and oxygen atoms in total. The molecular formula is C26H41N3O5S. The van der Waals surface area contributed by atoms with Crippen molar-refractivity contribution < 1.29 is 24.6 Å². The highest BCUT2D eigenvalue weighted by molar-refractivity contribution is 7.99. The highest BCUT2D eigenvalue weighted by atomic mass is 32.2. The van der Waals surface area contributed by atoms with Gasteiger partial charge in [0.25, 0.3) is 0 Å². The van der Waals surface area contributed by atoms with Gasteiger partial charge in [-0.05, 0) is 56.1 Å². The van der Waals surface area contributed by atoms with Crippen molar-refractivity contribution in [1.29, 1.82) is 0 Å². The molecule has 35 heavy (non-hydrogen) atoms. The molecule has 0 saturated carbocycles. The highest BCUT2D eigenvalue weighted by Gasteiger charge is 2.11. The van der Waals surface area contributed by atoms with Crippen LogP contribution in [0.2, 0.25) is 0 Å². The molecular weight excluding hydrogens is 466 g/mol. The maximum atomic E-state index is 11.9. The predicted molar refractivity (Wildman–Crippen MR) is 143 cm³/mol. The number of aromatic hydroxyl groups is 1. The number of unbranched alkanes of at least 4 members (excludes halogenated alkanes) is 8. The van der Waals surface area contributed by atoms with E-state index in [4.69, 9.17) is 5.11 Å². The summed E-state index contributed by atoms with van der Waals surface area (Å²) in [5, 5.41) is 26.3. The van der Waals surface area contributed by atoms with Crippen molar-refractivity contribution in [2.75, 3.05) is 29.9 Å². The Labute approximate surface area is 213 Å². The number of phenols is 1. The summed E-state index contributed by atoms with van der Waals surface area (Å²) in [6.07, 6.45) is 17.0. The lowest BCUT2D eigenvalue weighted by Crippen LogP contribution is -2.37. The quantitative estimate of drug-likeness (QED) is 0.0950. The number of carbonyl (C=O) groups excluding carboxylic acids is 2. The summed E-state index contributed by atoms with van der Waals surface area (Å²) < 4.78 is 0. The van der Waals surface area contributed by atoms with Crippen LogP contribution >= 0.6 is 11.8 Å². The molecule has 0 fully saturated rings. The first-order valence-electron chi connectivity index (χ1n) is 12.5. The summed E-state index contributed by atoms with van der Waals surface area (Å²) >= 11 is 1.62. The minimum absolute atomic E-state index is 0.0660. The molecule has 0 spiro atoms. The number of nitrogens with one attached hydrogen (secondary N) is 3. The van der Waals surface area contributed by atoms with E-state index < -0.39 is 12.0 Å². The number of carbonyl (C=O) groups is 3.